The third-order valence-corrected chi connectivity index (χ3v) is 3.50. The molecule has 3 rings (SSSR count). The lowest BCUT2D eigenvalue weighted by atomic mass is 10.0. The predicted molar refractivity (Wildman–Crippen MR) is 81.8 cm³/mol. The van der Waals surface area contributed by atoms with E-state index in [9.17, 15) is 5.11 Å². The molecule has 0 saturated heterocycles. The highest BCUT2D eigenvalue weighted by Gasteiger charge is 2.12. The van der Waals surface area contributed by atoms with E-state index in [4.69, 9.17) is 9.15 Å². The Morgan fingerprint density at radius 3 is 2.67 bits per heavy atom. The van der Waals surface area contributed by atoms with Crippen LogP contribution in [-0.2, 0) is 0 Å². The summed E-state index contributed by atoms with van der Waals surface area (Å²) in [6.07, 6.45) is 0. The van der Waals surface area contributed by atoms with E-state index in [0.717, 1.165) is 16.7 Å². The van der Waals surface area contributed by atoms with E-state index in [2.05, 4.69) is 24.9 Å². The molecule has 1 N–H and O–H groups in total. The van der Waals surface area contributed by atoms with Crippen molar-refractivity contribution in [3.05, 3.63) is 42.0 Å². The summed E-state index contributed by atoms with van der Waals surface area (Å²) >= 11 is 0. The molecular formula is C17H17NO3. The second-order valence-corrected chi connectivity index (χ2v) is 5.29. The van der Waals surface area contributed by atoms with E-state index in [1.807, 2.05) is 12.1 Å². The van der Waals surface area contributed by atoms with Crippen LogP contribution in [0.25, 0.3) is 22.6 Å². The molecule has 0 unspecified atom stereocenters. The highest BCUT2D eigenvalue weighted by atomic mass is 16.5. The molecule has 1 heterocycles. The summed E-state index contributed by atoms with van der Waals surface area (Å²) in [5.41, 5.74) is 3.59. The van der Waals surface area contributed by atoms with Gasteiger partial charge in [0.1, 0.15) is 5.52 Å². The number of oxazole rings is 1. The van der Waals surface area contributed by atoms with Gasteiger partial charge in [0, 0.05) is 5.56 Å². The highest BCUT2D eigenvalue weighted by Crippen LogP contribution is 2.33. The van der Waals surface area contributed by atoms with Crippen LogP contribution in [0, 0.1) is 0 Å². The molecule has 3 aromatic rings. The Balaban J connectivity index is 2.08. The summed E-state index contributed by atoms with van der Waals surface area (Å²) < 4.78 is 10.9. The van der Waals surface area contributed by atoms with Gasteiger partial charge in [-0.3, -0.25) is 0 Å². The summed E-state index contributed by atoms with van der Waals surface area (Å²) in [4.78, 5) is 4.53. The molecule has 0 spiro atoms. The number of benzene rings is 2. The zero-order valence-corrected chi connectivity index (χ0v) is 12.3. The molecule has 0 amide bonds. The van der Waals surface area contributed by atoms with Gasteiger partial charge in [-0.25, -0.2) is 4.98 Å². The van der Waals surface area contributed by atoms with Gasteiger partial charge < -0.3 is 14.3 Å². The largest absolute Gasteiger partial charge is 0.504 e. The number of hydrogen-bond donors (Lipinski definition) is 1. The number of phenolic OH excluding ortho intramolecular Hbond substituents is 1. The second-order valence-electron chi connectivity index (χ2n) is 5.29. The first-order valence-corrected chi connectivity index (χ1v) is 6.86. The molecule has 4 nitrogen and oxygen atoms in total. The number of aromatic hydroxyl groups is 1. The molecule has 0 atom stereocenters. The topological polar surface area (TPSA) is 55.5 Å². The standard InChI is InChI=1S/C17H17NO3/c1-10(2)11-5-7-15-13(8-11)18-17(21-15)12-4-6-14(19)16(9-12)20-3/h4-10,19H,1-3H3. The van der Waals surface area contributed by atoms with Crippen molar-refractivity contribution in [2.45, 2.75) is 19.8 Å². The average Bonchev–Trinajstić information content (AvgIpc) is 2.90. The molecule has 21 heavy (non-hydrogen) atoms. The number of ether oxygens (including phenoxy) is 1. The lowest BCUT2D eigenvalue weighted by molar-refractivity contribution is 0.373. The molecule has 1 aromatic heterocycles. The Morgan fingerprint density at radius 2 is 1.95 bits per heavy atom. The van der Waals surface area contributed by atoms with Crippen molar-refractivity contribution in [3.63, 3.8) is 0 Å². The van der Waals surface area contributed by atoms with Gasteiger partial charge in [0.2, 0.25) is 5.89 Å². The Kier molecular flexibility index (Phi) is 3.29. The zero-order chi connectivity index (χ0) is 15.0. The number of fused-ring (bicyclic) bond motifs is 1. The molecule has 2 aromatic carbocycles. The molecule has 0 bridgehead atoms. The lowest BCUT2D eigenvalue weighted by Gasteiger charge is -2.03. The molecule has 0 aliphatic carbocycles. The molecule has 0 aliphatic heterocycles. The van der Waals surface area contributed by atoms with Gasteiger partial charge in [0.25, 0.3) is 0 Å². The van der Waals surface area contributed by atoms with Gasteiger partial charge in [0.05, 0.1) is 7.11 Å². The molecule has 4 heteroatoms. The van der Waals surface area contributed by atoms with Crippen LogP contribution >= 0.6 is 0 Å². The fourth-order valence-corrected chi connectivity index (χ4v) is 2.24. The van der Waals surface area contributed by atoms with Crippen molar-refractivity contribution in [2.24, 2.45) is 0 Å². The van der Waals surface area contributed by atoms with E-state index in [0.29, 0.717) is 17.6 Å². The quantitative estimate of drug-likeness (QED) is 0.777. The number of hydrogen-bond acceptors (Lipinski definition) is 4. The second kappa shape index (κ2) is 5.13. The van der Waals surface area contributed by atoms with E-state index in [1.165, 1.54) is 12.7 Å². The van der Waals surface area contributed by atoms with Crippen LogP contribution in [0.4, 0.5) is 0 Å². The van der Waals surface area contributed by atoms with Crippen LogP contribution < -0.4 is 4.74 Å². The molecule has 0 aliphatic rings. The maximum atomic E-state index is 9.64. The first-order chi connectivity index (χ1) is 10.1. The highest BCUT2D eigenvalue weighted by molar-refractivity contribution is 5.77. The van der Waals surface area contributed by atoms with Gasteiger partial charge in [0.15, 0.2) is 17.1 Å². The van der Waals surface area contributed by atoms with Crippen molar-refractivity contribution in [1.82, 2.24) is 4.98 Å². The van der Waals surface area contributed by atoms with Gasteiger partial charge in [-0.05, 0) is 41.8 Å². The Bertz CT molecular complexity index is 790. The number of methoxy groups -OCH3 is 1. The Hall–Kier alpha value is -2.49. The minimum absolute atomic E-state index is 0.0967. The molecule has 0 saturated carbocycles. The maximum absolute atomic E-state index is 9.64. The van der Waals surface area contributed by atoms with Crippen molar-refractivity contribution < 1.29 is 14.3 Å². The Morgan fingerprint density at radius 1 is 1.14 bits per heavy atom. The van der Waals surface area contributed by atoms with Gasteiger partial charge in [-0.1, -0.05) is 19.9 Å². The fraction of sp³-hybridized carbons (Fsp3) is 0.235. The summed E-state index contributed by atoms with van der Waals surface area (Å²) in [6, 6.07) is 11.1. The van der Waals surface area contributed by atoms with E-state index in [1.54, 1.807) is 18.2 Å². The number of nitrogens with zero attached hydrogens (tertiary/aromatic N) is 1. The van der Waals surface area contributed by atoms with Gasteiger partial charge in [-0.2, -0.15) is 0 Å². The third-order valence-electron chi connectivity index (χ3n) is 3.50. The van der Waals surface area contributed by atoms with Gasteiger partial charge in [-0.15, -0.1) is 0 Å². The molecule has 0 radical (unpaired) electrons. The predicted octanol–water partition coefficient (Wildman–Crippen LogP) is 4.33. The van der Waals surface area contributed by atoms with Crippen LogP contribution in [0.2, 0.25) is 0 Å². The third kappa shape index (κ3) is 2.44. The van der Waals surface area contributed by atoms with Crippen molar-refractivity contribution in [1.29, 1.82) is 0 Å². The van der Waals surface area contributed by atoms with Crippen LogP contribution in [0.1, 0.15) is 25.3 Å². The summed E-state index contributed by atoms with van der Waals surface area (Å²) in [6.45, 7) is 4.29. The monoisotopic (exact) mass is 283 g/mol. The van der Waals surface area contributed by atoms with Crippen molar-refractivity contribution >= 4 is 11.1 Å². The zero-order valence-electron chi connectivity index (χ0n) is 12.3. The van der Waals surface area contributed by atoms with Crippen molar-refractivity contribution in [2.75, 3.05) is 7.11 Å². The normalized spacial score (nSPS) is 11.2. The van der Waals surface area contributed by atoms with E-state index in [-0.39, 0.29) is 5.75 Å². The summed E-state index contributed by atoms with van der Waals surface area (Å²) in [5, 5.41) is 9.64. The smallest absolute Gasteiger partial charge is 0.227 e. The van der Waals surface area contributed by atoms with Crippen LogP contribution in [0.15, 0.2) is 40.8 Å². The minimum atomic E-state index is 0.0967. The number of phenols is 1. The first-order valence-electron chi connectivity index (χ1n) is 6.86. The average molecular weight is 283 g/mol. The SMILES string of the molecule is COc1cc(-c2nc3cc(C(C)C)ccc3o2)ccc1O. The minimum Gasteiger partial charge on any atom is -0.504 e. The van der Waals surface area contributed by atoms with E-state index >= 15 is 0 Å². The Labute approximate surface area is 123 Å². The number of aromatic nitrogens is 1. The van der Waals surface area contributed by atoms with Crippen LogP contribution in [0.5, 0.6) is 11.5 Å². The van der Waals surface area contributed by atoms with Gasteiger partial charge >= 0.3 is 0 Å². The summed E-state index contributed by atoms with van der Waals surface area (Å²) in [7, 11) is 1.51. The van der Waals surface area contributed by atoms with E-state index < -0.39 is 0 Å². The number of rotatable bonds is 3. The maximum Gasteiger partial charge on any atom is 0.227 e. The fourth-order valence-electron chi connectivity index (χ4n) is 2.24. The van der Waals surface area contributed by atoms with Crippen LogP contribution in [-0.4, -0.2) is 17.2 Å². The van der Waals surface area contributed by atoms with Crippen LogP contribution in [0.3, 0.4) is 0 Å². The molecular weight excluding hydrogens is 266 g/mol. The first kappa shape index (κ1) is 13.5. The summed E-state index contributed by atoms with van der Waals surface area (Å²) in [5.74, 6) is 1.46. The molecule has 0 fully saturated rings. The molecule has 108 valence electrons. The lowest BCUT2D eigenvalue weighted by Crippen LogP contribution is -1.86. The van der Waals surface area contributed by atoms with Crippen molar-refractivity contribution in [3.8, 4) is 23.0 Å².